The third-order valence-corrected chi connectivity index (χ3v) is 5.20. The molecule has 2 heterocycles. The molecule has 8 nitrogen and oxygen atoms in total. The number of ether oxygens (including phenoxy) is 1. The van der Waals surface area contributed by atoms with Crippen molar-refractivity contribution in [2.75, 3.05) is 12.4 Å². The Hall–Kier alpha value is -2.81. The van der Waals surface area contributed by atoms with E-state index in [-0.39, 0.29) is 11.2 Å². The van der Waals surface area contributed by atoms with Crippen molar-refractivity contribution in [3.63, 3.8) is 0 Å². The molecule has 0 radical (unpaired) electrons. The summed E-state index contributed by atoms with van der Waals surface area (Å²) >= 11 is 1.30. The molecule has 3 rings (SSSR count). The fraction of sp³-hybridized carbons (Fsp3) is 0.333. The number of carbonyl (C=O) groups excluding carboxylic acids is 1. The number of nitrogens with zero attached hydrogens (tertiary/aromatic N) is 4. The zero-order chi connectivity index (χ0) is 19.6. The number of rotatable bonds is 6. The Morgan fingerprint density at radius 1 is 1.30 bits per heavy atom. The number of carbonyl (C=O) groups is 1. The van der Waals surface area contributed by atoms with Crippen LogP contribution in [0.25, 0.3) is 11.4 Å². The van der Waals surface area contributed by atoms with Crippen LogP contribution in [0.1, 0.15) is 18.3 Å². The molecule has 2 aromatic heterocycles. The van der Waals surface area contributed by atoms with Gasteiger partial charge in [-0.05, 0) is 45.0 Å². The minimum atomic E-state index is -0.358. The topological polar surface area (TPSA) is 97.7 Å². The summed E-state index contributed by atoms with van der Waals surface area (Å²) in [5.41, 5.74) is 3.36. The molecule has 3 aromatic rings. The first kappa shape index (κ1) is 19.0. The standard InChI is InChI=1S/C18H22N6O2S/c1-10-15(11(2)24(4)23-10)19-17(25)12(3)27-18-20-16(21-22-18)13-6-8-14(26-5)9-7-13/h6-9,12H,1-5H3,(H,19,25)(H,20,21,22)/t12-/m1/s1. The predicted octanol–water partition coefficient (Wildman–Crippen LogP) is 2.95. The zero-order valence-corrected chi connectivity index (χ0v) is 16.7. The fourth-order valence-electron chi connectivity index (χ4n) is 2.57. The first-order valence-electron chi connectivity index (χ1n) is 8.43. The second kappa shape index (κ2) is 7.83. The smallest absolute Gasteiger partial charge is 0.237 e. The SMILES string of the molecule is COc1ccc(-c2nc(S[C@H](C)C(=O)Nc3c(C)nn(C)c3C)n[nH]2)cc1. The Bertz CT molecular complexity index is 947. The van der Waals surface area contributed by atoms with Crippen molar-refractivity contribution in [3.05, 3.63) is 35.7 Å². The maximum Gasteiger partial charge on any atom is 0.237 e. The molecule has 1 atom stereocenters. The molecule has 0 spiro atoms. The molecule has 0 aliphatic carbocycles. The number of amides is 1. The van der Waals surface area contributed by atoms with Gasteiger partial charge in [-0.1, -0.05) is 11.8 Å². The van der Waals surface area contributed by atoms with Crippen LogP contribution in [0.4, 0.5) is 5.69 Å². The summed E-state index contributed by atoms with van der Waals surface area (Å²) in [6.07, 6.45) is 0. The van der Waals surface area contributed by atoms with Crippen LogP contribution in [0.5, 0.6) is 5.75 Å². The Kier molecular flexibility index (Phi) is 5.50. The highest BCUT2D eigenvalue weighted by atomic mass is 32.2. The van der Waals surface area contributed by atoms with Crippen LogP contribution in [-0.4, -0.2) is 43.2 Å². The number of anilines is 1. The van der Waals surface area contributed by atoms with Crippen molar-refractivity contribution in [2.24, 2.45) is 7.05 Å². The second-order valence-electron chi connectivity index (χ2n) is 6.11. The largest absolute Gasteiger partial charge is 0.497 e. The lowest BCUT2D eigenvalue weighted by molar-refractivity contribution is -0.115. The summed E-state index contributed by atoms with van der Waals surface area (Å²) in [6.45, 7) is 5.62. The number of aryl methyl sites for hydroxylation is 2. The van der Waals surface area contributed by atoms with Gasteiger partial charge in [0.1, 0.15) is 5.75 Å². The maximum absolute atomic E-state index is 12.5. The van der Waals surface area contributed by atoms with E-state index in [0.717, 1.165) is 28.4 Å². The zero-order valence-electron chi connectivity index (χ0n) is 15.9. The highest BCUT2D eigenvalue weighted by Gasteiger charge is 2.20. The minimum absolute atomic E-state index is 0.116. The lowest BCUT2D eigenvalue weighted by atomic mass is 10.2. The van der Waals surface area contributed by atoms with Gasteiger partial charge in [-0.25, -0.2) is 4.98 Å². The molecule has 9 heteroatoms. The van der Waals surface area contributed by atoms with E-state index in [0.29, 0.717) is 11.0 Å². The summed E-state index contributed by atoms with van der Waals surface area (Å²) in [5.74, 6) is 1.31. The summed E-state index contributed by atoms with van der Waals surface area (Å²) in [5, 5.41) is 14.5. The number of aromatic nitrogens is 5. The van der Waals surface area contributed by atoms with Gasteiger partial charge in [-0.3, -0.25) is 14.6 Å². The van der Waals surface area contributed by atoms with E-state index in [2.05, 4.69) is 25.6 Å². The maximum atomic E-state index is 12.5. The van der Waals surface area contributed by atoms with E-state index >= 15 is 0 Å². The summed E-state index contributed by atoms with van der Waals surface area (Å²) in [4.78, 5) is 17.0. The quantitative estimate of drug-likeness (QED) is 0.632. The first-order chi connectivity index (χ1) is 12.9. The molecule has 0 bridgehead atoms. The molecule has 142 valence electrons. The summed E-state index contributed by atoms with van der Waals surface area (Å²) in [6, 6.07) is 7.52. The molecule has 1 aromatic carbocycles. The van der Waals surface area contributed by atoms with Crippen molar-refractivity contribution in [1.29, 1.82) is 0 Å². The predicted molar refractivity (Wildman–Crippen MR) is 105 cm³/mol. The van der Waals surface area contributed by atoms with Gasteiger partial charge in [0.2, 0.25) is 11.1 Å². The van der Waals surface area contributed by atoms with Crippen LogP contribution in [0, 0.1) is 13.8 Å². The van der Waals surface area contributed by atoms with E-state index in [9.17, 15) is 4.79 Å². The number of hydrogen-bond acceptors (Lipinski definition) is 6. The normalized spacial score (nSPS) is 12.0. The van der Waals surface area contributed by atoms with Gasteiger partial charge in [-0.15, -0.1) is 5.10 Å². The Balaban J connectivity index is 1.66. The van der Waals surface area contributed by atoms with E-state index in [1.807, 2.05) is 52.1 Å². The first-order valence-corrected chi connectivity index (χ1v) is 9.31. The number of benzene rings is 1. The van der Waals surface area contributed by atoms with Gasteiger partial charge in [0.25, 0.3) is 0 Å². The lowest BCUT2D eigenvalue weighted by Gasteiger charge is -2.10. The molecule has 0 saturated heterocycles. The molecule has 0 fully saturated rings. The molecule has 0 unspecified atom stereocenters. The molecule has 0 aliphatic rings. The van der Waals surface area contributed by atoms with E-state index < -0.39 is 0 Å². The number of H-pyrrole nitrogens is 1. The monoisotopic (exact) mass is 386 g/mol. The molecule has 0 aliphatic heterocycles. The Morgan fingerprint density at radius 2 is 2.00 bits per heavy atom. The Labute approximate surface area is 161 Å². The van der Waals surface area contributed by atoms with Crippen LogP contribution in [0.15, 0.2) is 29.4 Å². The molecule has 0 saturated carbocycles. The minimum Gasteiger partial charge on any atom is -0.497 e. The van der Waals surface area contributed by atoms with Crippen LogP contribution in [-0.2, 0) is 11.8 Å². The summed E-state index contributed by atoms with van der Waals surface area (Å²) in [7, 11) is 3.48. The van der Waals surface area contributed by atoms with Crippen LogP contribution in [0.2, 0.25) is 0 Å². The number of hydrogen-bond donors (Lipinski definition) is 2. The van der Waals surface area contributed by atoms with Crippen molar-refractivity contribution in [3.8, 4) is 17.1 Å². The second-order valence-corrected chi connectivity index (χ2v) is 7.42. The molecule has 2 N–H and O–H groups in total. The number of aromatic amines is 1. The molecular weight excluding hydrogens is 364 g/mol. The highest BCUT2D eigenvalue weighted by Crippen LogP contribution is 2.26. The Morgan fingerprint density at radius 3 is 2.59 bits per heavy atom. The van der Waals surface area contributed by atoms with E-state index in [4.69, 9.17) is 4.74 Å². The molecule has 27 heavy (non-hydrogen) atoms. The van der Waals surface area contributed by atoms with Gasteiger partial charge < -0.3 is 10.1 Å². The molecule has 1 amide bonds. The van der Waals surface area contributed by atoms with E-state index in [1.54, 1.807) is 11.8 Å². The number of methoxy groups -OCH3 is 1. The molecular formula is C18H22N6O2S. The van der Waals surface area contributed by atoms with Crippen molar-refractivity contribution in [1.82, 2.24) is 25.0 Å². The van der Waals surface area contributed by atoms with Gasteiger partial charge in [-0.2, -0.15) is 5.10 Å². The van der Waals surface area contributed by atoms with E-state index in [1.165, 1.54) is 11.8 Å². The van der Waals surface area contributed by atoms with Crippen molar-refractivity contribution in [2.45, 2.75) is 31.2 Å². The summed E-state index contributed by atoms with van der Waals surface area (Å²) < 4.78 is 6.90. The number of thioether (sulfide) groups is 1. The number of nitrogens with one attached hydrogen (secondary N) is 2. The average molecular weight is 386 g/mol. The van der Waals surface area contributed by atoms with Crippen LogP contribution in [0.3, 0.4) is 0 Å². The van der Waals surface area contributed by atoms with Crippen molar-refractivity contribution >= 4 is 23.4 Å². The highest BCUT2D eigenvalue weighted by molar-refractivity contribution is 8.00. The van der Waals surface area contributed by atoms with Gasteiger partial charge >= 0.3 is 0 Å². The van der Waals surface area contributed by atoms with Crippen LogP contribution >= 0.6 is 11.8 Å². The van der Waals surface area contributed by atoms with Crippen molar-refractivity contribution < 1.29 is 9.53 Å². The van der Waals surface area contributed by atoms with Gasteiger partial charge in [0.15, 0.2) is 5.82 Å². The lowest BCUT2D eigenvalue weighted by Crippen LogP contribution is -2.23. The average Bonchev–Trinajstić information content (AvgIpc) is 3.21. The van der Waals surface area contributed by atoms with Gasteiger partial charge in [0.05, 0.1) is 29.4 Å². The third kappa shape index (κ3) is 4.13. The van der Waals surface area contributed by atoms with Gasteiger partial charge in [0, 0.05) is 12.6 Å². The van der Waals surface area contributed by atoms with Crippen LogP contribution < -0.4 is 10.1 Å². The third-order valence-electron chi connectivity index (χ3n) is 4.24. The fourth-order valence-corrected chi connectivity index (χ4v) is 3.29.